The second-order valence-electron chi connectivity index (χ2n) is 4.97. The summed E-state index contributed by atoms with van der Waals surface area (Å²) < 4.78 is 0. The van der Waals surface area contributed by atoms with Crippen LogP contribution in [0, 0.1) is 0 Å². The number of fused-ring (bicyclic) bond motifs is 1. The van der Waals surface area contributed by atoms with Crippen LogP contribution in [-0.2, 0) is 0 Å². The lowest BCUT2D eigenvalue weighted by molar-refractivity contribution is 0.805. The smallest absolute Gasteiger partial charge is 0.0455 e. The molecule has 0 amide bonds. The van der Waals surface area contributed by atoms with Gasteiger partial charge in [-0.1, -0.05) is 37.3 Å². The molecule has 2 nitrogen and oxygen atoms in total. The summed E-state index contributed by atoms with van der Waals surface area (Å²) in [6.45, 7) is 3.19. The molecular weight excluding hydrogens is 232 g/mol. The van der Waals surface area contributed by atoms with Gasteiger partial charge >= 0.3 is 0 Å². The minimum Gasteiger partial charge on any atom is -0.384 e. The van der Waals surface area contributed by atoms with Gasteiger partial charge in [-0.3, -0.25) is 0 Å². The molecule has 2 aromatic carbocycles. The Labute approximate surface area is 113 Å². The van der Waals surface area contributed by atoms with Gasteiger partial charge in [0.05, 0.1) is 0 Å². The van der Waals surface area contributed by atoms with E-state index < -0.39 is 0 Å². The third-order valence-electron chi connectivity index (χ3n) is 3.53. The fourth-order valence-corrected chi connectivity index (χ4v) is 2.33. The quantitative estimate of drug-likeness (QED) is 0.706. The Balaban J connectivity index is 1.68. The van der Waals surface area contributed by atoms with Crippen LogP contribution >= 0.6 is 0 Å². The van der Waals surface area contributed by atoms with E-state index in [4.69, 9.17) is 0 Å². The lowest BCUT2D eigenvalue weighted by Gasteiger charge is -2.14. The zero-order valence-corrected chi connectivity index (χ0v) is 11.1. The van der Waals surface area contributed by atoms with Crippen molar-refractivity contribution in [3.8, 4) is 0 Å². The first-order valence-electron chi connectivity index (χ1n) is 6.69. The number of benzene rings is 2. The normalized spacial score (nSPS) is 12.5. The molecule has 0 aliphatic rings. The Morgan fingerprint density at radius 2 is 1.89 bits per heavy atom. The van der Waals surface area contributed by atoms with Crippen LogP contribution in [0.3, 0.4) is 0 Å². The lowest BCUT2D eigenvalue weighted by atomic mass is 10.0. The fourth-order valence-electron chi connectivity index (χ4n) is 2.33. The SMILES string of the molecule is CC(CNc1ccc2[nH]ccc2c1)c1ccccc1. The van der Waals surface area contributed by atoms with Gasteiger partial charge in [-0.25, -0.2) is 0 Å². The van der Waals surface area contributed by atoms with E-state index in [1.165, 1.54) is 22.2 Å². The van der Waals surface area contributed by atoms with Crippen LogP contribution in [0.2, 0.25) is 0 Å². The van der Waals surface area contributed by atoms with Gasteiger partial charge < -0.3 is 10.3 Å². The molecule has 3 rings (SSSR count). The first-order valence-corrected chi connectivity index (χ1v) is 6.69. The highest BCUT2D eigenvalue weighted by molar-refractivity contribution is 5.82. The molecule has 0 saturated heterocycles. The number of aromatic nitrogens is 1. The van der Waals surface area contributed by atoms with Crippen molar-refractivity contribution in [2.45, 2.75) is 12.8 Å². The monoisotopic (exact) mass is 250 g/mol. The molecule has 0 radical (unpaired) electrons. The number of rotatable bonds is 4. The largest absolute Gasteiger partial charge is 0.384 e. The van der Waals surface area contributed by atoms with Crippen LogP contribution in [0.1, 0.15) is 18.4 Å². The van der Waals surface area contributed by atoms with Crippen molar-refractivity contribution in [3.63, 3.8) is 0 Å². The van der Waals surface area contributed by atoms with Crippen LogP contribution in [0.5, 0.6) is 0 Å². The van der Waals surface area contributed by atoms with Gasteiger partial charge in [-0.05, 0) is 35.7 Å². The Morgan fingerprint density at radius 1 is 1.05 bits per heavy atom. The van der Waals surface area contributed by atoms with Gasteiger partial charge in [-0.2, -0.15) is 0 Å². The first kappa shape index (κ1) is 11.8. The molecule has 0 aliphatic heterocycles. The number of hydrogen-bond acceptors (Lipinski definition) is 1. The van der Waals surface area contributed by atoms with Crippen molar-refractivity contribution in [3.05, 3.63) is 66.4 Å². The van der Waals surface area contributed by atoms with E-state index in [-0.39, 0.29) is 0 Å². The van der Waals surface area contributed by atoms with Gasteiger partial charge in [0.25, 0.3) is 0 Å². The molecule has 1 unspecified atom stereocenters. The van der Waals surface area contributed by atoms with Crippen LogP contribution in [0.4, 0.5) is 5.69 Å². The average Bonchev–Trinajstić information content (AvgIpc) is 2.93. The fraction of sp³-hybridized carbons (Fsp3) is 0.176. The van der Waals surface area contributed by atoms with Crippen molar-refractivity contribution in [2.24, 2.45) is 0 Å². The van der Waals surface area contributed by atoms with E-state index in [0.29, 0.717) is 5.92 Å². The second-order valence-corrected chi connectivity index (χ2v) is 4.97. The molecule has 1 atom stereocenters. The molecule has 96 valence electrons. The Morgan fingerprint density at radius 3 is 2.74 bits per heavy atom. The molecule has 1 aromatic heterocycles. The standard InChI is InChI=1S/C17H18N2/c1-13(14-5-3-2-4-6-14)12-19-16-7-8-17-15(11-16)9-10-18-17/h2-11,13,18-19H,12H2,1H3. The predicted octanol–water partition coefficient (Wildman–Crippen LogP) is 4.38. The van der Waals surface area contributed by atoms with E-state index in [9.17, 15) is 0 Å². The van der Waals surface area contributed by atoms with E-state index in [2.05, 4.69) is 71.8 Å². The summed E-state index contributed by atoms with van der Waals surface area (Å²) in [5, 5.41) is 4.76. The van der Waals surface area contributed by atoms with Crippen LogP contribution in [0.25, 0.3) is 10.9 Å². The van der Waals surface area contributed by atoms with Crippen LogP contribution in [0.15, 0.2) is 60.8 Å². The predicted molar refractivity (Wildman–Crippen MR) is 81.6 cm³/mol. The second kappa shape index (κ2) is 5.19. The number of aromatic amines is 1. The Kier molecular flexibility index (Phi) is 3.23. The first-order chi connectivity index (χ1) is 9.33. The summed E-state index contributed by atoms with van der Waals surface area (Å²) in [6, 6.07) is 19.1. The van der Waals surface area contributed by atoms with E-state index in [0.717, 1.165) is 6.54 Å². The minimum atomic E-state index is 0.503. The van der Waals surface area contributed by atoms with Crippen molar-refractivity contribution in [1.82, 2.24) is 4.98 Å². The summed E-state index contributed by atoms with van der Waals surface area (Å²) >= 11 is 0. The molecular formula is C17H18N2. The van der Waals surface area contributed by atoms with Gasteiger partial charge in [0, 0.05) is 29.3 Å². The Hall–Kier alpha value is -2.22. The molecule has 0 spiro atoms. The zero-order valence-electron chi connectivity index (χ0n) is 11.1. The number of nitrogens with one attached hydrogen (secondary N) is 2. The summed E-state index contributed by atoms with van der Waals surface area (Å²) in [4.78, 5) is 3.21. The maximum atomic E-state index is 3.51. The molecule has 0 aliphatic carbocycles. The van der Waals surface area contributed by atoms with Crippen molar-refractivity contribution >= 4 is 16.6 Å². The molecule has 0 saturated carbocycles. The highest BCUT2D eigenvalue weighted by Crippen LogP contribution is 2.20. The topological polar surface area (TPSA) is 27.8 Å². The molecule has 0 bridgehead atoms. The Bertz CT molecular complexity index is 655. The van der Waals surface area contributed by atoms with Crippen LogP contribution in [-0.4, -0.2) is 11.5 Å². The number of anilines is 1. The maximum absolute atomic E-state index is 3.51. The highest BCUT2D eigenvalue weighted by atomic mass is 14.9. The van der Waals surface area contributed by atoms with Gasteiger partial charge in [0.15, 0.2) is 0 Å². The van der Waals surface area contributed by atoms with Gasteiger partial charge in [0.1, 0.15) is 0 Å². The summed E-state index contributed by atoms with van der Waals surface area (Å²) in [5.41, 5.74) is 3.73. The van der Waals surface area contributed by atoms with Crippen molar-refractivity contribution in [2.75, 3.05) is 11.9 Å². The molecule has 3 aromatic rings. The zero-order chi connectivity index (χ0) is 13.1. The highest BCUT2D eigenvalue weighted by Gasteiger charge is 2.04. The lowest BCUT2D eigenvalue weighted by Crippen LogP contribution is -2.09. The van der Waals surface area contributed by atoms with E-state index in [1.54, 1.807) is 0 Å². The molecule has 2 heteroatoms. The summed E-state index contributed by atoms with van der Waals surface area (Å²) in [7, 11) is 0. The average molecular weight is 250 g/mol. The van der Waals surface area contributed by atoms with Crippen molar-refractivity contribution < 1.29 is 0 Å². The van der Waals surface area contributed by atoms with Gasteiger partial charge in [0.2, 0.25) is 0 Å². The number of hydrogen-bond donors (Lipinski definition) is 2. The third kappa shape index (κ3) is 2.63. The van der Waals surface area contributed by atoms with Crippen LogP contribution < -0.4 is 5.32 Å². The molecule has 2 N–H and O–H groups in total. The molecule has 0 fully saturated rings. The molecule has 1 heterocycles. The van der Waals surface area contributed by atoms with E-state index in [1.807, 2.05) is 6.20 Å². The van der Waals surface area contributed by atoms with Gasteiger partial charge in [-0.15, -0.1) is 0 Å². The minimum absolute atomic E-state index is 0.503. The number of H-pyrrole nitrogens is 1. The molecule has 19 heavy (non-hydrogen) atoms. The van der Waals surface area contributed by atoms with E-state index >= 15 is 0 Å². The van der Waals surface area contributed by atoms with Crippen molar-refractivity contribution in [1.29, 1.82) is 0 Å². The summed E-state index contributed by atoms with van der Waals surface area (Å²) in [6.07, 6.45) is 1.97. The third-order valence-corrected chi connectivity index (χ3v) is 3.53. The summed E-state index contributed by atoms with van der Waals surface area (Å²) in [5.74, 6) is 0.503. The maximum Gasteiger partial charge on any atom is 0.0455 e.